The Morgan fingerprint density at radius 2 is 1.80 bits per heavy atom. The van der Waals surface area contributed by atoms with Gasteiger partial charge in [-0.3, -0.25) is 4.68 Å². The van der Waals surface area contributed by atoms with Gasteiger partial charge in [0.1, 0.15) is 10.6 Å². The Bertz CT molecular complexity index is 1340. The van der Waals surface area contributed by atoms with Crippen LogP contribution in [0.4, 0.5) is 26.3 Å². The number of ether oxygens (including phenoxy) is 2. The molecule has 3 aromatic rings. The SMILES string of the molecule is COc1ncc(Cl)cc1-c1ccc(CNS(=O)(=O)c2cn(C)nc2C(F)(F)F)cc1OC(F)(F)F. The van der Waals surface area contributed by atoms with Crippen molar-refractivity contribution in [3.8, 4) is 22.8 Å². The van der Waals surface area contributed by atoms with Crippen LogP contribution in [0.1, 0.15) is 11.3 Å². The van der Waals surface area contributed by atoms with Gasteiger partial charge in [0.05, 0.1) is 12.1 Å². The van der Waals surface area contributed by atoms with E-state index in [4.69, 9.17) is 16.3 Å². The highest BCUT2D eigenvalue weighted by Gasteiger charge is 2.41. The van der Waals surface area contributed by atoms with Crippen LogP contribution in [-0.4, -0.2) is 36.7 Å². The van der Waals surface area contributed by atoms with Crippen molar-refractivity contribution in [2.45, 2.75) is 24.0 Å². The minimum Gasteiger partial charge on any atom is -0.481 e. The summed E-state index contributed by atoms with van der Waals surface area (Å²) in [4.78, 5) is 2.75. The number of sulfonamides is 1. The first-order valence-electron chi connectivity index (χ1n) is 9.30. The Balaban J connectivity index is 1.98. The Morgan fingerprint density at radius 3 is 2.40 bits per heavy atom. The van der Waals surface area contributed by atoms with E-state index < -0.39 is 45.4 Å². The van der Waals surface area contributed by atoms with Gasteiger partial charge in [0.2, 0.25) is 15.9 Å². The fourth-order valence-electron chi connectivity index (χ4n) is 3.01. The summed E-state index contributed by atoms with van der Waals surface area (Å²) in [6, 6.07) is 4.58. The van der Waals surface area contributed by atoms with Gasteiger partial charge in [-0.25, -0.2) is 18.1 Å². The molecule has 1 aromatic carbocycles. The maximum Gasteiger partial charge on any atom is 0.573 e. The monoisotopic (exact) mass is 544 g/mol. The molecule has 0 amide bonds. The Labute approximate surface area is 199 Å². The molecule has 0 atom stereocenters. The van der Waals surface area contributed by atoms with Crippen LogP contribution >= 0.6 is 11.6 Å². The van der Waals surface area contributed by atoms with Crippen LogP contribution in [0.15, 0.2) is 41.6 Å². The molecule has 0 saturated carbocycles. The van der Waals surface area contributed by atoms with E-state index in [2.05, 4.69) is 14.8 Å². The molecule has 8 nitrogen and oxygen atoms in total. The number of nitrogens with one attached hydrogen (secondary N) is 1. The number of halogens is 7. The summed E-state index contributed by atoms with van der Waals surface area (Å²) in [6.07, 6.45) is -8.30. The second-order valence-corrected chi connectivity index (χ2v) is 9.10. The molecule has 0 unspecified atom stereocenters. The molecule has 2 heterocycles. The summed E-state index contributed by atoms with van der Waals surface area (Å²) in [5.41, 5.74) is -1.77. The van der Waals surface area contributed by atoms with Crippen LogP contribution in [0, 0.1) is 0 Å². The fraction of sp³-hybridized carbons (Fsp3) is 0.263. The van der Waals surface area contributed by atoms with Crippen molar-refractivity contribution in [3.05, 3.63) is 52.9 Å². The molecule has 16 heteroatoms. The summed E-state index contributed by atoms with van der Waals surface area (Å²) < 4.78 is 115. The second kappa shape index (κ2) is 9.54. The average molecular weight is 545 g/mol. The lowest BCUT2D eigenvalue weighted by Crippen LogP contribution is -2.25. The van der Waals surface area contributed by atoms with E-state index >= 15 is 0 Å². The van der Waals surface area contributed by atoms with Gasteiger partial charge in [-0.1, -0.05) is 23.7 Å². The van der Waals surface area contributed by atoms with Crippen LogP contribution in [0.25, 0.3) is 11.1 Å². The molecule has 0 aliphatic carbocycles. The zero-order valence-corrected chi connectivity index (χ0v) is 19.3. The third kappa shape index (κ3) is 6.35. The third-order valence-corrected chi connectivity index (χ3v) is 6.00. The number of hydrogen-bond donors (Lipinski definition) is 1. The van der Waals surface area contributed by atoms with E-state index in [1.807, 2.05) is 4.72 Å². The second-order valence-electron chi connectivity index (χ2n) is 6.93. The molecule has 0 aliphatic heterocycles. The molecule has 0 radical (unpaired) electrons. The van der Waals surface area contributed by atoms with Crippen molar-refractivity contribution in [1.29, 1.82) is 0 Å². The predicted octanol–water partition coefficient (Wildman–Crippen LogP) is 4.54. The lowest BCUT2D eigenvalue weighted by molar-refractivity contribution is -0.274. The molecule has 0 aliphatic rings. The molecule has 3 rings (SSSR count). The number of alkyl halides is 6. The lowest BCUT2D eigenvalue weighted by atomic mass is 10.0. The highest BCUT2D eigenvalue weighted by Crippen LogP contribution is 2.39. The van der Waals surface area contributed by atoms with Gasteiger partial charge in [-0.05, 0) is 17.7 Å². The van der Waals surface area contributed by atoms with E-state index in [0.717, 1.165) is 13.1 Å². The third-order valence-electron chi connectivity index (χ3n) is 4.39. The molecular weight excluding hydrogens is 530 g/mol. The van der Waals surface area contributed by atoms with Gasteiger partial charge in [0.15, 0.2) is 5.69 Å². The van der Waals surface area contributed by atoms with Gasteiger partial charge in [-0.2, -0.15) is 18.3 Å². The Hall–Kier alpha value is -3.04. The van der Waals surface area contributed by atoms with Crippen LogP contribution in [0.5, 0.6) is 11.6 Å². The lowest BCUT2D eigenvalue weighted by Gasteiger charge is -2.16. The predicted molar refractivity (Wildman–Crippen MR) is 110 cm³/mol. The van der Waals surface area contributed by atoms with Gasteiger partial charge < -0.3 is 9.47 Å². The van der Waals surface area contributed by atoms with Gasteiger partial charge in [0.25, 0.3) is 0 Å². The molecule has 1 N–H and O–H groups in total. The molecule has 0 bridgehead atoms. The van der Waals surface area contributed by atoms with E-state index in [9.17, 15) is 34.8 Å². The van der Waals surface area contributed by atoms with Gasteiger partial charge in [-0.15, -0.1) is 13.2 Å². The molecule has 0 saturated heterocycles. The molecule has 0 fully saturated rings. The number of aryl methyl sites for hydroxylation is 1. The van der Waals surface area contributed by atoms with E-state index in [1.165, 1.54) is 31.5 Å². The normalized spacial score (nSPS) is 12.6. The number of hydrogen-bond acceptors (Lipinski definition) is 6. The fourth-order valence-corrected chi connectivity index (χ4v) is 4.38. The van der Waals surface area contributed by atoms with Crippen LogP contribution < -0.4 is 14.2 Å². The first-order chi connectivity index (χ1) is 16.1. The van der Waals surface area contributed by atoms with E-state index in [-0.39, 0.29) is 27.6 Å². The molecule has 2 aromatic heterocycles. The highest BCUT2D eigenvalue weighted by molar-refractivity contribution is 7.89. The summed E-state index contributed by atoms with van der Waals surface area (Å²) in [5, 5.41) is 3.22. The summed E-state index contributed by atoms with van der Waals surface area (Å²) >= 11 is 5.90. The zero-order valence-electron chi connectivity index (χ0n) is 17.7. The molecular formula is C19H15ClF6N4O4S. The van der Waals surface area contributed by atoms with Gasteiger partial charge in [0, 0.05) is 37.1 Å². The number of rotatable bonds is 7. The average Bonchev–Trinajstić information content (AvgIpc) is 3.15. The highest BCUT2D eigenvalue weighted by atomic mass is 35.5. The van der Waals surface area contributed by atoms with E-state index in [1.54, 1.807) is 0 Å². The van der Waals surface area contributed by atoms with Crippen molar-refractivity contribution in [1.82, 2.24) is 19.5 Å². The maximum atomic E-state index is 13.1. The number of methoxy groups -OCH3 is 1. The van der Waals surface area contributed by atoms with Crippen molar-refractivity contribution in [3.63, 3.8) is 0 Å². The van der Waals surface area contributed by atoms with Crippen molar-refractivity contribution < 1.29 is 44.2 Å². The van der Waals surface area contributed by atoms with Crippen molar-refractivity contribution >= 4 is 21.6 Å². The molecule has 35 heavy (non-hydrogen) atoms. The van der Waals surface area contributed by atoms with Crippen molar-refractivity contribution in [2.24, 2.45) is 7.05 Å². The number of aromatic nitrogens is 3. The molecule has 0 spiro atoms. The number of nitrogens with zero attached hydrogens (tertiary/aromatic N) is 3. The first kappa shape index (κ1) is 26.6. The van der Waals surface area contributed by atoms with Gasteiger partial charge >= 0.3 is 12.5 Å². The Morgan fingerprint density at radius 1 is 1.11 bits per heavy atom. The summed E-state index contributed by atoms with van der Waals surface area (Å²) in [6.45, 7) is -0.659. The topological polar surface area (TPSA) is 95.3 Å². The number of pyridine rings is 1. The maximum absolute atomic E-state index is 13.1. The zero-order chi connectivity index (χ0) is 26.2. The largest absolute Gasteiger partial charge is 0.573 e. The van der Waals surface area contributed by atoms with Crippen LogP contribution in [0.3, 0.4) is 0 Å². The summed E-state index contributed by atoms with van der Waals surface area (Å²) in [7, 11) is -2.40. The minimum atomic E-state index is -5.12. The smallest absolute Gasteiger partial charge is 0.481 e. The van der Waals surface area contributed by atoms with Crippen molar-refractivity contribution in [2.75, 3.05) is 7.11 Å². The standard InChI is InChI=1S/C19H15ClF6N4O4S/c1-30-9-15(16(29-30)18(21,22)23)35(31,32)28-7-10-3-4-12(14(5-10)34-19(24,25)26)13-6-11(20)8-27-17(13)33-2/h3-6,8-9,28H,7H2,1-2H3. The molecule has 190 valence electrons. The first-order valence-corrected chi connectivity index (χ1v) is 11.2. The van der Waals surface area contributed by atoms with Crippen LogP contribution in [-0.2, 0) is 29.8 Å². The Kier molecular flexibility index (Phi) is 7.24. The van der Waals surface area contributed by atoms with Crippen LogP contribution in [0.2, 0.25) is 5.02 Å². The minimum absolute atomic E-state index is 0.0524. The van der Waals surface area contributed by atoms with E-state index in [0.29, 0.717) is 10.9 Å². The quantitative estimate of drug-likeness (QED) is 0.439. The summed E-state index contributed by atoms with van der Waals surface area (Å²) in [5.74, 6) is -0.806. The number of benzene rings is 1.